The molecule has 0 radical (unpaired) electrons. The Hall–Kier alpha value is -1.35. The SMILES string of the molecule is CCc1ccc2oc(C3(CC)CCNC3)nc2c1. The molecule has 0 amide bonds. The van der Waals surface area contributed by atoms with Gasteiger partial charge in [-0.25, -0.2) is 4.98 Å². The minimum absolute atomic E-state index is 0.103. The minimum Gasteiger partial charge on any atom is -0.440 e. The van der Waals surface area contributed by atoms with E-state index in [1.807, 2.05) is 0 Å². The highest BCUT2D eigenvalue weighted by molar-refractivity contribution is 5.73. The highest BCUT2D eigenvalue weighted by Crippen LogP contribution is 2.35. The Labute approximate surface area is 108 Å². The molecule has 1 atom stereocenters. The summed E-state index contributed by atoms with van der Waals surface area (Å²) in [6.45, 7) is 6.43. The molecule has 0 spiro atoms. The second-order valence-corrected chi connectivity index (χ2v) is 5.24. The predicted octanol–water partition coefficient (Wildman–Crippen LogP) is 3.03. The molecule has 2 heterocycles. The van der Waals surface area contributed by atoms with Crippen LogP contribution in [0.25, 0.3) is 11.1 Å². The van der Waals surface area contributed by atoms with Crippen LogP contribution in [0.3, 0.4) is 0 Å². The second kappa shape index (κ2) is 4.39. The van der Waals surface area contributed by atoms with Crippen LogP contribution in [0, 0.1) is 0 Å². The Morgan fingerprint density at radius 1 is 1.39 bits per heavy atom. The molecule has 3 nitrogen and oxygen atoms in total. The van der Waals surface area contributed by atoms with Crippen LogP contribution in [0.1, 0.15) is 38.1 Å². The molecule has 1 unspecified atom stereocenters. The standard InChI is InChI=1S/C15H20N2O/c1-3-11-5-6-13-12(9-11)17-14(18-13)15(4-2)7-8-16-10-15/h5-6,9,16H,3-4,7-8,10H2,1-2H3. The molecular weight excluding hydrogens is 224 g/mol. The summed E-state index contributed by atoms with van der Waals surface area (Å²) < 4.78 is 5.99. The van der Waals surface area contributed by atoms with Crippen molar-refractivity contribution in [3.8, 4) is 0 Å². The van der Waals surface area contributed by atoms with Crippen molar-refractivity contribution in [2.24, 2.45) is 0 Å². The highest BCUT2D eigenvalue weighted by Gasteiger charge is 2.38. The van der Waals surface area contributed by atoms with E-state index >= 15 is 0 Å². The van der Waals surface area contributed by atoms with Gasteiger partial charge in [0, 0.05) is 6.54 Å². The van der Waals surface area contributed by atoms with E-state index in [1.165, 1.54) is 5.56 Å². The maximum atomic E-state index is 5.99. The molecule has 1 saturated heterocycles. The van der Waals surface area contributed by atoms with Gasteiger partial charge >= 0.3 is 0 Å². The van der Waals surface area contributed by atoms with Gasteiger partial charge in [0.1, 0.15) is 5.52 Å². The van der Waals surface area contributed by atoms with Crippen LogP contribution in [0.5, 0.6) is 0 Å². The Morgan fingerprint density at radius 2 is 2.28 bits per heavy atom. The number of hydrogen-bond donors (Lipinski definition) is 1. The van der Waals surface area contributed by atoms with Gasteiger partial charge in [0.15, 0.2) is 5.58 Å². The maximum absolute atomic E-state index is 5.99. The van der Waals surface area contributed by atoms with Crippen molar-refractivity contribution in [3.05, 3.63) is 29.7 Å². The van der Waals surface area contributed by atoms with Crippen LogP contribution >= 0.6 is 0 Å². The van der Waals surface area contributed by atoms with Gasteiger partial charge in [0.25, 0.3) is 0 Å². The van der Waals surface area contributed by atoms with Gasteiger partial charge in [-0.05, 0) is 43.5 Å². The van der Waals surface area contributed by atoms with Crippen molar-refractivity contribution in [3.63, 3.8) is 0 Å². The fraction of sp³-hybridized carbons (Fsp3) is 0.533. The lowest BCUT2D eigenvalue weighted by atomic mass is 9.84. The van der Waals surface area contributed by atoms with Crippen LogP contribution in [0.4, 0.5) is 0 Å². The van der Waals surface area contributed by atoms with E-state index in [4.69, 9.17) is 9.40 Å². The average Bonchev–Trinajstić information content (AvgIpc) is 3.04. The number of oxazole rings is 1. The molecule has 96 valence electrons. The largest absolute Gasteiger partial charge is 0.440 e. The summed E-state index contributed by atoms with van der Waals surface area (Å²) in [5.74, 6) is 0.915. The van der Waals surface area contributed by atoms with Gasteiger partial charge in [-0.1, -0.05) is 19.9 Å². The van der Waals surface area contributed by atoms with E-state index in [1.54, 1.807) is 0 Å². The van der Waals surface area contributed by atoms with Crippen molar-refractivity contribution in [2.75, 3.05) is 13.1 Å². The van der Waals surface area contributed by atoms with Gasteiger partial charge in [0.05, 0.1) is 5.41 Å². The minimum atomic E-state index is 0.103. The van der Waals surface area contributed by atoms with Crippen molar-refractivity contribution in [1.29, 1.82) is 0 Å². The summed E-state index contributed by atoms with van der Waals surface area (Å²) in [7, 11) is 0. The normalized spacial score (nSPS) is 23.9. The lowest BCUT2D eigenvalue weighted by Crippen LogP contribution is -2.28. The first-order valence-corrected chi connectivity index (χ1v) is 6.88. The zero-order valence-corrected chi connectivity index (χ0v) is 11.1. The highest BCUT2D eigenvalue weighted by atomic mass is 16.3. The van der Waals surface area contributed by atoms with E-state index in [2.05, 4.69) is 37.4 Å². The first-order chi connectivity index (χ1) is 8.77. The maximum Gasteiger partial charge on any atom is 0.203 e. The number of hydrogen-bond acceptors (Lipinski definition) is 3. The van der Waals surface area contributed by atoms with Crippen molar-refractivity contribution >= 4 is 11.1 Å². The third kappa shape index (κ3) is 1.74. The molecule has 1 aromatic heterocycles. The number of aryl methyl sites for hydroxylation is 1. The average molecular weight is 244 g/mol. The molecule has 3 heteroatoms. The molecule has 1 aromatic carbocycles. The number of nitrogens with zero attached hydrogens (tertiary/aromatic N) is 1. The fourth-order valence-corrected chi connectivity index (χ4v) is 2.80. The molecule has 1 N–H and O–H groups in total. The van der Waals surface area contributed by atoms with E-state index in [0.29, 0.717) is 0 Å². The van der Waals surface area contributed by atoms with E-state index < -0.39 is 0 Å². The topological polar surface area (TPSA) is 38.1 Å². The molecule has 0 saturated carbocycles. The zero-order valence-electron chi connectivity index (χ0n) is 11.1. The molecule has 1 aliphatic rings. The van der Waals surface area contributed by atoms with Gasteiger partial charge in [0.2, 0.25) is 5.89 Å². The second-order valence-electron chi connectivity index (χ2n) is 5.24. The molecule has 1 fully saturated rings. The van der Waals surface area contributed by atoms with E-state index in [0.717, 1.165) is 49.3 Å². The molecule has 3 rings (SSSR count). The van der Waals surface area contributed by atoms with Gasteiger partial charge in [-0.15, -0.1) is 0 Å². The van der Waals surface area contributed by atoms with Crippen LogP contribution in [-0.4, -0.2) is 18.1 Å². The summed E-state index contributed by atoms with van der Waals surface area (Å²) in [6.07, 6.45) is 3.24. The van der Waals surface area contributed by atoms with E-state index in [9.17, 15) is 0 Å². The molecule has 1 aliphatic heterocycles. The zero-order chi connectivity index (χ0) is 12.6. The Balaban J connectivity index is 2.07. The Bertz CT molecular complexity index is 553. The van der Waals surface area contributed by atoms with Crippen molar-refractivity contribution < 1.29 is 4.42 Å². The van der Waals surface area contributed by atoms with Crippen LogP contribution < -0.4 is 5.32 Å². The summed E-state index contributed by atoms with van der Waals surface area (Å²) >= 11 is 0. The number of rotatable bonds is 3. The third-order valence-electron chi connectivity index (χ3n) is 4.23. The van der Waals surface area contributed by atoms with Gasteiger partial charge < -0.3 is 9.73 Å². The first kappa shape index (κ1) is 11.7. The smallest absolute Gasteiger partial charge is 0.203 e. The van der Waals surface area contributed by atoms with Gasteiger partial charge in [-0.2, -0.15) is 0 Å². The predicted molar refractivity (Wildman–Crippen MR) is 72.8 cm³/mol. The number of fused-ring (bicyclic) bond motifs is 1. The fourth-order valence-electron chi connectivity index (χ4n) is 2.80. The van der Waals surface area contributed by atoms with Crippen LogP contribution in [0.2, 0.25) is 0 Å². The number of aromatic nitrogens is 1. The summed E-state index contributed by atoms with van der Waals surface area (Å²) in [5.41, 5.74) is 3.34. The monoisotopic (exact) mass is 244 g/mol. The molecule has 2 aromatic rings. The quantitative estimate of drug-likeness (QED) is 0.902. The number of nitrogens with one attached hydrogen (secondary N) is 1. The summed E-state index contributed by atoms with van der Waals surface area (Å²) in [6, 6.07) is 6.33. The Morgan fingerprint density at radius 3 is 2.94 bits per heavy atom. The lowest BCUT2D eigenvalue weighted by Gasteiger charge is -2.21. The summed E-state index contributed by atoms with van der Waals surface area (Å²) in [4.78, 5) is 4.74. The Kier molecular flexibility index (Phi) is 2.86. The number of benzene rings is 1. The van der Waals surface area contributed by atoms with Crippen LogP contribution in [0.15, 0.2) is 22.6 Å². The molecular formula is C15H20N2O. The molecule has 18 heavy (non-hydrogen) atoms. The van der Waals surface area contributed by atoms with Gasteiger partial charge in [-0.3, -0.25) is 0 Å². The molecule has 0 aliphatic carbocycles. The third-order valence-corrected chi connectivity index (χ3v) is 4.23. The van der Waals surface area contributed by atoms with Crippen molar-refractivity contribution in [2.45, 2.75) is 38.5 Å². The van der Waals surface area contributed by atoms with Crippen molar-refractivity contribution in [1.82, 2.24) is 10.3 Å². The first-order valence-electron chi connectivity index (χ1n) is 6.88. The van der Waals surface area contributed by atoms with Crippen LogP contribution in [-0.2, 0) is 11.8 Å². The molecule has 0 bridgehead atoms. The lowest BCUT2D eigenvalue weighted by molar-refractivity contribution is 0.344. The summed E-state index contributed by atoms with van der Waals surface area (Å²) in [5, 5.41) is 3.43. The van der Waals surface area contributed by atoms with E-state index in [-0.39, 0.29) is 5.41 Å².